The summed E-state index contributed by atoms with van der Waals surface area (Å²) in [6.07, 6.45) is 2.72. The number of carboxylic acids is 1. The summed E-state index contributed by atoms with van der Waals surface area (Å²) in [6.45, 7) is 12.2. The van der Waals surface area contributed by atoms with Crippen LogP contribution in [0.3, 0.4) is 0 Å². The molecule has 2 N–H and O–H groups in total. The Morgan fingerprint density at radius 1 is 1.13 bits per heavy atom. The van der Waals surface area contributed by atoms with Gasteiger partial charge in [0, 0.05) is 36.0 Å². The fourth-order valence-corrected chi connectivity index (χ4v) is 7.02. The first kappa shape index (κ1) is 31.1. The molecule has 2 amide bonds. The van der Waals surface area contributed by atoms with Gasteiger partial charge in [0.1, 0.15) is 15.9 Å². The van der Waals surface area contributed by atoms with Crippen molar-refractivity contribution in [1.29, 1.82) is 0 Å². The molecule has 1 saturated heterocycles. The number of likely N-dealkylation sites (tertiary alicyclic amines) is 1. The van der Waals surface area contributed by atoms with Crippen molar-refractivity contribution in [3.63, 3.8) is 0 Å². The molecule has 10 heteroatoms. The first-order valence-electron chi connectivity index (χ1n) is 14.0. The minimum absolute atomic E-state index is 0.0232. The lowest BCUT2D eigenvalue weighted by atomic mass is 9.81. The Labute approximate surface area is 233 Å². The first-order chi connectivity index (χ1) is 18.0. The number of rotatable bonds is 9. The lowest BCUT2D eigenvalue weighted by Crippen LogP contribution is -2.53. The second-order valence-corrected chi connectivity index (χ2v) is 14.9. The average molecular weight is 564 g/mol. The number of hydrogen-bond acceptors (Lipinski definition) is 6. The summed E-state index contributed by atoms with van der Waals surface area (Å²) in [7, 11) is -1.17. The molecule has 1 heterocycles. The molecule has 0 bridgehead atoms. The highest BCUT2D eigenvalue weighted by atomic mass is 32.2. The molecule has 1 saturated carbocycles. The van der Waals surface area contributed by atoms with Crippen LogP contribution in [0, 0.1) is 5.92 Å². The second-order valence-electron chi connectivity index (χ2n) is 12.5. The summed E-state index contributed by atoms with van der Waals surface area (Å²) in [5, 5.41) is 12.4. The number of carbonyl (C=O) groups excluding carboxylic acids is 2. The smallest absolute Gasteiger partial charge is 0.335 e. The lowest BCUT2D eigenvalue weighted by Gasteiger charge is -2.44. The topological polar surface area (TPSA) is 124 Å². The number of sulfone groups is 1. The zero-order chi connectivity index (χ0) is 29.3. The fourth-order valence-electron chi connectivity index (χ4n) is 5.77. The number of nitrogens with one attached hydrogen (secondary N) is 1. The Morgan fingerprint density at radius 2 is 1.77 bits per heavy atom. The molecule has 1 aromatic rings. The minimum atomic E-state index is -3.24. The molecular weight excluding hydrogens is 518 g/mol. The van der Waals surface area contributed by atoms with Gasteiger partial charge in [-0.3, -0.25) is 9.59 Å². The van der Waals surface area contributed by atoms with Crippen LogP contribution in [0.4, 0.5) is 0 Å². The number of amides is 2. The van der Waals surface area contributed by atoms with Gasteiger partial charge in [-0.05, 0) is 81.7 Å². The van der Waals surface area contributed by atoms with Gasteiger partial charge in [-0.2, -0.15) is 0 Å². The maximum absolute atomic E-state index is 13.5. The summed E-state index contributed by atoms with van der Waals surface area (Å²) in [4.78, 5) is 42.5. The summed E-state index contributed by atoms with van der Waals surface area (Å²) < 4.78 is 25.3. The molecule has 1 aliphatic heterocycles. The van der Waals surface area contributed by atoms with Crippen molar-refractivity contribution in [2.75, 3.05) is 25.1 Å². The average Bonchev–Trinajstić information content (AvgIpc) is 3.21. The number of benzene rings is 1. The van der Waals surface area contributed by atoms with E-state index in [1.807, 2.05) is 20.8 Å². The van der Waals surface area contributed by atoms with E-state index in [0.29, 0.717) is 31.8 Å². The lowest BCUT2D eigenvalue weighted by molar-refractivity contribution is -0.133. The highest BCUT2D eigenvalue weighted by Gasteiger charge is 2.44. The van der Waals surface area contributed by atoms with Crippen LogP contribution < -0.4 is 5.32 Å². The van der Waals surface area contributed by atoms with Gasteiger partial charge in [-0.25, -0.2) is 13.2 Å². The third kappa shape index (κ3) is 7.39. The van der Waals surface area contributed by atoms with E-state index in [1.54, 1.807) is 24.0 Å². The van der Waals surface area contributed by atoms with Crippen LogP contribution in [0.5, 0.6) is 0 Å². The van der Waals surface area contributed by atoms with E-state index in [9.17, 15) is 27.9 Å². The van der Waals surface area contributed by atoms with Gasteiger partial charge in [0.25, 0.3) is 5.91 Å². The Balaban J connectivity index is 1.79. The zero-order valence-electron chi connectivity index (χ0n) is 24.4. The van der Waals surface area contributed by atoms with Crippen molar-refractivity contribution in [2.24, 2.45) is 5.92 Å². The zero-order valence-corrected chi connectivity index (χ0v) is 25.2. The fraction of sp³-hybridized carbons (Fsp3) is 0.690. The Kier molecular flexibility index (Phi) is 9.53. The number of carboxylic acid groups (broad SMARTS) is 1. The Bertz CT molecular complexity index is 1190. The standard InChI is InChI=1S/C29H45N3O6S/c1-8-39(37,38)17-21-16-23(31(7)18(2)3)9-10-25(21)32-12-11-24(27(32)34)30-26(33)19-13-20(28(35)36)15-22(14-19)29(4,5)6/h13-15,18,21,23-25H,8-12,16-17H2,1-7H3,(H,30,33)(H,35,36)/t21-,23+,24-,25-/m0/s1. The predicted molar refractivity (Wildman–Crippen MR) is 152 cm³/mol. The summed E-state index contributed by atoms with van der Waals surface area (Å²) in [5.74, 6) is -1.86. The number of hydrogen-bond donors (Lipinski definition) is 2. The van der Waals surface area contributed by atoms with E-state index in [1.165, 1.54) is 6.07 Å². The van der Waals surface area contributed by atoms with Gasteiger partial charge in [0.15, 0.2) is 0 Å². The predicted octanol–water partition coefficient (Wildman–Crippen LogP) is 3.33. The molecule has 1 aromatic carbocycles. The number of aromatic carboxylic acids is 1. The van der Waals surface area contributed by atoms with E-state index in [-0.39, 0.29) is 52.0 Å². The van der Waals surface area contributed by atoms with Crippen molar-refractivity contribution < 1.29 is 27.9 Å². The molecule has 39 heavy (non-hydrogen) atoms. The van der Waals surface area contributed by atoms with Gasteiger partial charge in [-0.15, -0.1) is 0 Å². The Hall–Kier alpha value is -2.46. The molecule has 0 spiro atoms. The van der Waals surface area contributed by atoms with Crippen LogP contribution in [0.25, 0.3) is 0 Å². The molecule has 9 nitrogen and oxygen atoms in total. The third-order valence-corrected chi connectivity index (χ3v) is 10.3. The van der Waals surface area contributed by atoms with Crippen molar-refractivity contribution in [2.45, 2.75) is 96.8 Å². The Morgan fingerprint density at radius 3 is 2.33 bits per heavy atom. The SMILES string of the molecule is CCS(=O)(=O)C[C@@H]1C[C@H](N(C)C(C)C)CC[C@@H]1N1CC[C@H](NC(=O)c2cc(C(=O)O)cc(C(C)(C)C)c2)C1=O. The van der Waals surface area contributed by atoms with Crippen molar-refractivity contribution in [3.8, 4) is 0 Å². The van der Waals surface area contributed by atoms with Crippen molar-refractivity contribution in [3.05, 3.63) is 34.9 Å². The second kappa shape index (κ2) is 12.0. The van der Waals surface area contributed by atoms with Gasteiger partial charge >= 0.3 is 5.97 Å². The maximum atomic E-state index is 13.5. The third-order valence-electron chi connectivity index (χ3n) is 8.47. The van der Waals surface area contributed by atoms with Crippen LogP contribution in [0.1, 0.15) is 93.5 Å². The molecule has 2 aliphatic rings. The highest BCUT2D eigenvalue weighted by Crippen LogP contribution is 2.35. The molecule has 218 valence electrons. The summed E-state index contributed by atoms with van der Waals surface area (Å²) in [6, 6.07) is 4.24. The van der Waals surface area contributed by atoms with Gasteiger partial charge in [-0.1, -0.05) is 27.7 Å². The molecule has 0 aromatic heterocycles. The van der Waals surface area contributed by atoms with Crippen LogP contribution in [0.2, 0.25) is 0 Å². The van der Waals surface area contributed by atoms with E-state index in [4.69, 9.17) is 0 Å². The van der Waals surface area contributed by atoms with E-state index in [0.717, 1.165) is 12.0 Å². The van der Waals surface area contributed by atoms with E-state index in [2.05, 4.69) is 31.1 Å². The summed E-state index contributed by atoms with van der Waals surface area (Å²) in [5.41, 5.74) is 0.580. The van der Waals surface area contributed by atoms with Crippen LogP contribution in [-0.4, -0.2) is 90.4 Å². The van der Waals surface area contributed by atoms with Gasteiger partial charge in [0.05, 0.1) is 11.3 Å². The van der Waals surface area contributed by atoms with Crippen LogP contribution in [-0.2, 0) is 20.0 Å². The summed E-state index contributed by atoms with van der Waals surface area (Å²) >= 11 is 0. The molecule has 2 fully saturated rings. The molecule has 1 aliphatic carbocycles. The monoisotopic (exact) mass is 563 g/mol. The quantitative estimate of drug-likeness (QED) is 0.472. The minimum Gasteiger partial charge on any atom is -0.478 e. The number of nitrogens with zero attached hydrogens (tertiary/aromatic N) is 2. The van der Waals surface area contributed by atoms with Crippen LogP contribution in [0.15, 0.2) is 18.2 Å². The maximum Gasteiger partial charge on any atom is 0.335 e. The normalized spacial score (nSPS) is 24.4. The molecular formula is C29H45N3O6S. The van der Waals surface area contributed by atoms with Crippen LogP contribution >= 0.6 is 0 Å². The molecule has 3 rings (SSSR count). The highest BCUT2D eigenvalue weighted by molar-refractivity contribution is 7.91. The molecule has 0 radical (unpaired) electrons. The first-order valence-corrected chi connectivity index (χ1v) is 15.8. The van der Waals surface area contributed by atoms with E-state index < -0.39 is 27.8 Å². The van der Waals surface area contributed by atoms with E-state index >= 15 is 0 Å². The largest absolute Gasteiger partial charge is 0.478 e. The number of carbonyl (C=O) groups is 3. The van der Waals surface area contributed by atoms with Gasteiger partial charge in [0.2, 0.25) is 5.91 Å². The van der Waals surface area contributed by atoms with Crippen molar-refractivity contribution >= 4 is 27.6 Å². The van der Waals surface area contributed by atoms with Crippen molar-refractivity contribution in [1.82, 2.24) is 15.1 Å². The van der Waals surface area contributed by atoms with Gasteiger partial charge < -0.3 is 20.2 Å². The molecule has 0 unspecified atom stereocenters. The molecule has 4 atom stereocenters.